The number of nitrogens with zero attached hydrogens (tertiary/aromatic N) is 1. The molecule has 19 heavy (non-hydrogen) atoms. The third-order valence-corrected chi connectivity index (χ3v) is 3.48. The van der Waals surface area contributed by atoms with Gasteiger partial charge in [-0.25, -0.2) is 4.79 Å². The van der Waals surface area contributed by atoms with Crippen LogP contribution in [0, 0.1) is 0 Å². The van der Waals surface area contributed by atoms with Gasteiger partial charge in [0.15, 0.2) is 0 Å². The molecule has 0 atom stereocenters. The van der Waals surface area contributed by atoms with Gasteiger partial charge in [0.2, 0.25) is 0 Å². The van der Waals surface area contributed by atoms with Crippen LogP contribution in [0.4, 0.5) is 5.82 Å². The van der Waals surface area contributed by atoms with Crippen LogP contribution in [0.5, 0.6) is 0 Å². The number of carbonyl (C=O) groups excluding carboxylic acids is 1. The molecule has 100 valence electrons. The average molecular weight is 365 g/mol. The highest BCUT2D eigenvalue weighted by molar-refractivity contribution is 9.10. The first kappa shape index (κ1) is 14.2. The van der Waals surface area contributed by atoms with Crippen molar-refractivity contribution in [3.05, 3.63) is 32.2 Å². The SMILES string of the molecule is COC(=O)c1c(-c2c(Cl)cc(Br)cc2Cl)n[nH]c1N. The van der Waals surface area contributed by atoms with Crippen molar-refractivity contribution < 1.29 is 9.53 Å². The molecule has 0 aliphatic heterocycles. The van der Waals surface area contributed by atoms with Gasteiger partial charge in [-0.2, -0.15) is 5.10 Å². The highest BCUT2D eigenvalue weighted by Crippen LogP contribution is 2.39. The van der Waals surface area contributed by atoms with E-state index in [9.17, 15) is 4.79 Å². The van der Waals surface area contributed by atoms with Crippen LogP contribution in [0.3, 0.4) is 0 Å². The molecule has 1 aromatic heterocycles. The lowest BCUT2D eigenvalue weighted by Gasteiger charge is -2.07. The van der Waals surface area contributed by atoms with Gasteiger partial charge < -0.3 is 10.5 Å². The van der Waals surface area contributed by atoms with Crippen molar-refractivity contribution in [3.8, 4) is 11.3 Å². The first-order valence-corrected chi connectivity index (χ1v) is 6.57. The van der Waals surface area contributed by atoms with Crippen LogP contribution in [-0.2, 0) is 4.74 Å². The number of hydrogen-bond acceptors (Lipinski definition) is 4. The van der Waals surface area contributed by atoms with Gasteiger partial charge in [-0.1, -0.05) is 39.1 Å². The Morgan fingerprint density at radius 1 is 1.42 bits per heavy atom. The first-order valence-electron chi connectivity index (χ1n) is 5.02. The molecule has 0 saturated carbocycles. The predicted octanol–water partition coefficient (Wildman–Crippen LogP) is 3.51. The molecule has 5 nitrogen and oxygen atoms in total. The topological polar surface area (TPSA) is 81.0 Å². The molecule has 2 aromatic rings. The minimum absolute atomic E-state index is 0.0944. The molecule has 0 spiro atoms. The predicted molar refractivity (Wildman–Crippen MR) is 77.5 cm³/mol. The van der Waals surface area contributed by atoms with E-state index in [2.05, 4.69) is 30.9 Å². The Morgan fingerprint density at radius 3 is 2.53 bits per heavy atom. The third-order valence-electron chi connectivity index (χ3n) is 2.43. The second kappa shape index (κ2) is 5.40. The molecule has 0 aliphatic carbocycles. The zero-order valence-electron chi connectivity index (χ0n) is 9.63. The molecule has 1 aromatic carbocycles. The highest BCUT2D eigenvalue weighted by atomic mass is 79.9. The Balaban J connectivity index is 2.70. The van der Waals surface area contributed by atoms with Gasteiger partial charge in [0.25, 0.3) is 0 Å². The molecule has 0 aliphatic rings. The number of rotatable bonds is 2. The van der Waals surface area contributed by atoms with E-state index in [4.69, 9.17) is 28.9 Å². The summed E-state index contributed by atoms with van der Waals surface area (Å²) in [4.78, 5) is 11.7. The van der Waals surface area contributed by atoms with Crippen molar-refractivity contribution in [1.82, 2.24) is 10.2 Å². The lowest BCUT2D eigenvalue weighted by Crippen LogP contribution is -2.05. The molecule has 8 heteroatoms. The second-order valence-corrected chi connectivity index (χ2v) is 5.33. The zero-order chi connectivity index (χ0) is 14.2. The fourth-order valence-electron chi connectivity index (χ4n) is 1.61. The number of benzene rings is 1. The first-order chi connectivity index (χ1) is 8.95. The van der Waals surface area contributed by atoms with Crippen LogP contribution in [-0.4, -0.2) is 23.3 Å². The lowest BCUT2D eigenvalue weighted by molar-refractivity contribution is 0.0603. The Kier molecular flexibility index (Phi) is 4.03. The fourth-order valence-corrected chi connectivity index (χ4v) is 3.00. The number of esters is 1. The van der Waals surface area contributed by atoms with E-state index in [1.807, 2.05) is 0 Å². The van der Waals surface area contributed by atoms with Gasteiger partial charge in [-0.3, -0.25) is 5.10 Å². The number of aromatic amines is 1. The number of nitrogens with two attached hydrogens (primary N) is 1. The Bertz CT molecular complexity index is 634. The molecule has 0 saturated heterocycles. The third kappa shape index (κ3) is 2.56. The van der Waals surface area contributed by atoms with Crippen molar-refractivity contribution >= 4 is 50.9 Å². The van der Waals surface area contributed by atoms with Gasteiger partial charge in [-0.05, 0) is 12.1 Å². The van der Waals surface area contributed by atoms with Gasteiger partial charge in [0.1, 0.15) is 17.1 Å². The van der Waals surface area contributed by atoms with E-state index in [0.717, 1.165) is 4.47 Å². The minimum Gasteiger partial charge on any atom is -0.465 e. The molecular weight excluding hydrogens is 357 g/mol. The van der Waals surface area contributed by atoms with Gasteiger partial charge in [0.05, 0.1) is 17.2 Å². The molecular formula is C11H8BrCl2N3O2. The van der Waals surface area contributed by atoms with E-state index >= 15 is 0 Å². The van der Waals surface area contributed by atoms with Crippen molar-refractivity contribution in [2.45, 2.75) is 0 Å². The summed E-state index contributed by atoms with van der Waals surface area (Å²) in [5.74, 6) is -0.520. The summed E-state index contributed by atoms with van der Waals surface area (Å²) in [5, 5.41) is 7.18. The quantitative estimate of drug-likeness (QED) is 0.799. The number of anilines is 1. The molecule has 0 bridgehead atoms. The van der Waals surface area contributed by atoms with Crippen molar-refractivity contribution in [2.24, 2.45) is 0 Å². The monoisotopic (exact) mass is 363 g/mol. The van der Waals surface area contributed by atoms with E-state index < -0.39 is 5.97 Å². The molecule has 1 heterocycles. The minimum atomic E-state index is -0.615. The molecule has 0 fully saturated rings. The van der Waals surface area contributed by atoms with Crippen LogP contribution in [0.25, 0.3) is 11.3 Å². The van der Waals surface area contributed by atoms with Gasteiger partial charge in [-0.15, -0.1) is 0 Å². The van der Waals surface area contributed by atoms with Crippen molar-refractivity contribution in [1.29, 1.82) is 0 Å². The number of methoxy groups -OCH3 is 1. The van der Waals surface area contributed by atoms with Crippen LogP contribution < -0.4 is 5.73 Å². The van der Waals surface area contributed by atoms with Crippen LogP contribution >= 0.6 is 39.1 Å². The van der Waals surface area contributed by atoms with Crippen LogP contribution in [0.15, 0.2) is 16.6 Å². The van der Waals surface area contributed by atoms with Crippen molar-refractivity contribution in [2.75, 3.05) is 12.8 Å². The molecule has 0 unspecified atom stereocenters. The van der Waals surface area contributed by atoms with E-state index in [0.29, 0.717) is 15.6 Å². The maximum atomic E-state index is 11.7. The number of halogens is 3. The van der Waals surface area contributed by atoms with Crippen molar-refractivity contribution in [3.63, 3.8) is 0 Å². The Hall–Kier alpha value is -1.24. The molecule has 2 rings (SSSR count). The van der Waals surface area contributed by atoms with Crippen LogP contribution in [0.1, 0.15) is 10.4 Å². The molecule has 3 N–H and O–H groups in total. The van der Waals surface area contributed by atoms with E-state index in [-0.39, 0.29) is 17.1 Å². The highest BCUT2D eigenvalue weighted by Gasteiger charge is 2.24. The number of ether oxygens (including phenoxy) is 1. The largest absolute Gasteiger partial charge is 0.465 e. The zero-order valence-corrected chi connectivity index (χ0v) is 12.7. The summed E-state index contributed by atoms with van der Waals surface area (Å²) in [6, 6.07) is 3.30. The summed E-state index contributed by atoms with van der Waals surface area (Å²) in [6.45, 7) is 0. The summed E-state index contributed by atoms with van der Waals surface area (Å²) < 4.78 is 5.38. The van der Waals surface area contributed by atoms with Gasteiger partial charge in [0, 0.05) is 10.0 Å². The number of hydrogen-bond donors (Lipinski definition) is 2. The summed E-state index contributed by atoms with van der Waals surface area (Å²) in [6.07, 6.45) is 0. The lowest BCUT2D eigenvalue weighted by atomic mass is 10.1. The average Bonchev–Trinajstić information content (AvgIpc) is 2.69. The number of nitrogens with one attached hydrogen (secondary N) is 1. The number of H-pyrrole nitrogens is 1. The molecule has 0 amide bonds. The number of aromatic nitrogens is 2. The standard InChI is InChI=1S/C11H8BrCl2N3O2/c1-19-11(18)8-9(16-17-10(8)15)7-5(13)2-4(12)3-6(7)14/h2-3H,1H3,(H3,15,16,17). The fraction of sp³-hybridized carbons (Fsp3) is 0.0909. The van der Waals surface area contributed by atoms with E-state index in [1.165, 1.54) is 7.11 Å². The smallest absolute Gasteiger partial charge is 0.343 e. The number of carbonyl (C=O) groups is 1. The summed E-state index contributed by atoms with van der Waals surface area (Å²) in [5.41, 5.74) is 6.45. The summed E-state index contributed by atoms with van der Waals surface area (Å²) >= 11 is 15.5. The summed E-state index contributed by atoms with van der Waals surface area (Å²) in [7, 11) is 1.25. The normalized spacial score (nSPS) is 10.5. The second-order valence-electron chi connectivity index (χ2n) is 3.60. The van der Waals surface area contributed by atoms with E-state index in [1.54, 1.807) is 12.1 Å². The van der Waals surface area contributed by atoms with Gasteiger partial charge >= 0.3 is 5.97 Å². The maximum Gasteiger partial charge on any atom is 0.343 e. The Labute approximate surface area is 127 Å². The number of nitrogen functional groups attached to an aromatic ring is 1. The Morgan fingerprint density at radius 2 is 2.00 bits per heavy atom. The van der Waals surface area contributed by atoms with Crippen LogP contribution in [0.2, 0.25) is 10.0 Å². The molecule has 0 radical (unpaired) electrons. The maximum absolute atomic E-state index is 11.7.